The number of methoxy groups -OCH3 is 1. The fraction of sp³-hybridized carbons (Fsp3) is 0.125. The molecule has 9 heteroatoms. The first kappa shape index (κ1) is 24.1. The zero-order valence-corrected chi connectivity index (χ0v) is 19.3. The van der Waals surface area contributed by atoms with Crippen molar-refractivity contribution < 1.29 is 23.8 Å². The van der Waals surface area contributed by atoms with Crippen molar-refractivity contribution >= 4 is 41.3 Å². The Morgan fingerprint density at radius 1 is 1.00 bits per heavy atom. The molecule has 0 radical (unpaired) electrons. The highest BCUT2D eigenvalue weighted by Gasteiger charge is 2.15. The van der Waals surface area contributed by atoms with Crippen LogP contribution in [0.4, 0.5) is 0 Å². The highest BCUT2D eigenvalue weighted by Crippen LogP contribution is 2.29. The lowest BCUT2D eigenvalue weighted by molar-refractivity contribution is -0.123. The van der Waals surface area contributed by atoms with Crippen LogP contribution in [0.5, 0.6) is 17.2 Å². The minimum atomic E-state index is -0.608. The van der Waals surface area contributed by atoms with Gasteiger partial charge in [0.15, 0.2) is 18.1 Å². The molecular weight excluding hydrogens is 467 g/mol. The molecule has 0 atom stereocenters. The Balaban J connectivity index is 1.58. The van der Waals surface area contributed by atoms with Gasteiger partial charge in [0, 0.05) is 5.02 Å². The van der Waals surface area contributed by atoms with Gasteiger partial charge in [-0.1, -0.05) is 35.3 Å². The van der Waals surface area contributed by atoms with Crippen molar-refractivity contribution in [2.24, 2.45) is 5.10 Å². The van der Waals surface area contributed by atoms with E-state index in [0.717, 1.165) is 5.56 Å². The first-order valence-electron chi connectivity index (χ1n) is 9.73. The number of amides is 1. The Kier molecular flexibility index (Phi) is 8.29. The molecule has 0 heterocycles. The fourth-order valence-electron chi connectivity index (χ4n) is 2.76. The van der Waals surface area contributed by atoms with E-state index >= 15 is 0 Å². The molecule has 1 N–H and O–H groups in total. The average molecular weight is 487 g/mol. The lowest BCUT2D eigenvalue weighted by Crippen LogP contribution is -2.24. The van der Waals surface area contributed by atoms with Crippen LogP contribution >= 0.6 is 23.2 Å². The first-order valence-corrected chi connectivity index (χ1v) is 10.5. The molecule has 0 aliphatic heterocycles. The number of benzene rings is 3. The van der Waals surface area contributed by atoms with Crippen LogP contribution in [0.15, 0.2) is 65.8 Å². The van der Waals surface area contributed by atoms with Crippen molar-refractivity contribution in [3.63, 3.8) is 0 Å². The molecule has 0 unspecified atom stereocenters. The van der Waals surface area contributed by atoms with Gasteiger partial charge in [0.05, 0.1) is 23.9 Å². The smallest absolute Gasteiger partial charge is 0.345 e. The quantitative estimate of drug-likeness (QED) is 0.208. The molecule has 0 spiro atoms. The summed E-state index contributed by atoms with van der Waals surface area (Å²) in [6, 6.07) is 16.5. The van der Waals surface area contributed by atoms with E-state index in [9.17, 15) is 9.59 Å². The number of hydrogen-bond acceptors (Lipinski definition) is 6. The van der Waals surface area contributed by atoms with E-state index in [4.69, 9.17) is 37.4 Å². The van der Waals surface area contributed by atoms with E-state index in [2.05, 4.69) is 10.5 Å². The lowest BCUT2D eigenvalue weighted by atomic mass is 10.2. The first-order chi connectivity index (χ1) is 15.9. The Morgan fingerprint density at radius 2 is 1.76 bits per heavy atom. The molecule has 0 aliphatic rings. The molecule has 0 bridgehead atoms. The van der Waals surface area contributed by atoms with E-state index in [1.807, 2.05) is 6.92 Å². The molecule has 3 rings (SSSR count). The molecule has 0 saturated carbocycles. The summed E-state index contributed by atoms with van der Waals surface area (Å²) in [6.07, 6.45) is 1.42. The van der Waals surface area contributed by atoms with Crippen molar-refractivity contribution in [3.8, 4) is 17.2 Å². The van der Waals surface area contributed by atoms with Gasteiger partial charge in [0.2, 0.25) is 0 Å². The number of aryl methyl sites for hydroxylation is 1. The average Bonchev–Trinajstić information content (AvgIpc) is 2.79. The molecule has 3 aromatic carbocycles. The predicted molar refractivity (Wildman–Crippen MR) is 127 cm³/mol. The van der Waals surface area contributed by atoms with Gasteiger partial charge < -0.3 is 14.2 Å². The molecule has 3 aromatic rings. The van der Waals surface area contributed by atoms with Gasteiger partial charge >= 0.3 is 5.97 Å². The highest BCUT2D eigenvalue weighted by atomic mass is 35.5. The van der Waals surface area contributed by atoms with Gasteiger partial charge in [-0.25, -0.2) is 10.2 Å². The van der Waals surface area contributed by atoms with E-state index < -0.39 is 11.9 Å². The number of rotatable bonds is 8. The molecule has 7 nitrogen and oxygen atoms in total. The molecule has 0 aliphatic carbocycles. The number of nitrogens with one attached hydrogen (secondary N) is 1. The second-order valence-electron chi connectivity index (χ2n) is 6.77. The van der Waals surface area contributed by atoms with Crippen molar-refractivity contribution in [2.75, 3.05) is 13.7 Å². The predicted octanol–water partition coefficient (Wildman–Crippen LogP) is 5.06. The second kappa shape index (κ2) is 11.4. The van der Waals surface area contributed by atoms with Crippen LogP contribution in [0.3, 0.4) is 0 Å². The Morgan fingerprint density at radius 3 is 2.48 bits per heavy atom. The van der Waals surface area contributed by atoms with Crippen LogP contribution in [0.25, 0.3) is 0 Å². The van der Waals surface area contributed by atoms with Crippen LogP contribution in [-0.4, -0.2) is 31.8 Å². The Bertz CT molecular complexity index is 1200. The van der Waals surface area contributed by atoms with Gasteiger partial charge in [-0.2, -0.15) is 5.10 Å². The van der Waals surface area contributed by atoms with Crippen LogP contribution in [0.1, 0.15) is 21.5 Å². The zero-order valence-electron chi connectivity index (χ0n) is 17.8. The summed E-state index contributed by atoms with van der Waals surface area (Å²) in [6.45, 7) is 1.63. The highest BCUT2D eigenvalue weighted by molar-refractivity contribution is 6.33. The van der Waals surface area contributed by atoms with E-state index in [1.165, 1.54) is 13.3 Å². The maximum Gasteiger partial charge on any atom is 0.345 e. The van der Waals surface area contributed by atoms with Gasteiger partial charge in [-0.3, -0.25) is 4.79 Å². The maximum atomic E-state index is 12.4. The third-order valence-electron chi connectivity index (χ3n) is 4.38. The number of ether oxygens (including phenoxy) is 3. The molecule has 33 heavy (non-hydrogen) atoms. The molecule has 0 fully saturated rings. The van der Waals surface area contributed by atoms with Crippen LogP contribution < -0.4 is 19.6 Å². The number of carbonyl (C=O) groups is 2. The summed E-state index contributed by atoms with van der Waals surface area (Å²) >= 11 is 11.9. The number of carbonyl (C=O) groups excluding carboxylic acids is 2. The lowest BCUT2D eigenvalue weighted by Gasteiger charge is -2.10. The number of halogens is 2. The van der Waals surface area contributed by atoms with E-state index in [0.29, 0.717) is 22.1 Å². The van der Waals surface area contributed by atoms with Crippen LogP contribution in [0.2, 0.25) is 10.0 Å². The van der Waals surface area contributed by atoms with Gasteiger partial charge in [0.1, 0.15) is 5.75 Å². The topological polar surface area (TPSA) is 86.2 Å². The SMILES string of the molecule is COc1cc(/C=N/NC(=O)COc2ccc(Cl)cc2C)ccc1OC(=O)c1ccccc1Cl. The maximum absolute atomic E-state index is 12.4. The summed E-state index contributed by atoms with van der Waals surface area (Å²) in [5.74, 6) is 0.0501. The largest absolute Gasteiger partial charge is 0.493 e. The summed E-state index contributed by atoms with van der Waals surface area (Å²) < 4.78 is 16.2. The molecule has 1 amide bonds. The van der Waals surface area contributed by atoms with Crippen molar-refractivity contribution in [1.29, 1.82) is 0 Å². The van der Waals surface area contributed by atoms with E-state index in [1.54, 1.807) is 60.7 Å². The van der Waals surface area contributed by atoms with Crippen molar-refractivity contribution in [2.45, 2.75) is 6.92 Å². The number of esters is 1. The monoisotopic (exact) mass is 486 g/mol. The number of nitrogens with zero attached hydrogens (tertiary/aromatic N) is 1. The van der Waals surface area contributed by atoms with Crippen molar-refractivity contribution in [1.82, 2.24) is 5.43 Å². The summed E-state index contributed by atoms with van der Waals surface area (Å²) in [5.41, 5.74) is 4.06. The minimum absolute atomic E-state index is 0.208. The Hall–Kier alpha value is -3.55. The molecule has 170 valence electrons. The minimum Gasteiger partial charge on any atom is -0.493 e. The van der Waals surface area contributed by atoms with Gasteiger partial charge in [-0.15, -0.1) is 0 Å². The van der Waals surface area contributed by atoms with Crippen LogP contribution in [-0.2, 0) is 4.79 Å². The zero-order chi connectivity index (χ0) is 23.8. The normalized spacial score (nSPS) is 10.7. The standard InChI is InChI=1S/C24H20Cl2N2O5/c1-15-11-17(25)8-10-20(15)32-14-23(29)28-27-13-16-7-9-21(22(12-16)31-2)33-24(30)18-5-3-4-6-19(18)26/h3-13H,14H2,1-2H3,(H,28,29)/b27-13+. The van der Waals surface area contributed by atoms with Gasteiger partial charge in [-0.05, 0) is 66.6 Å². The molecule has 0 saturated heterocycles. The summed E-state index contributed by atoms with van der Waals surface area (Å²) in [7, 11) is 1.45. The van der Waals surface area contributed by atoms with Crippen molar-refractivity contribution in [3.05, 3.63) is 87.4 Å². The second-order valence-corrected chi connectivity index (χ2v) is 7.61. The van der Waals surface area contributed by atoms with Gasteiger partial charge in [0.25, 0.3) is 5.91 Å². The van der Waals surface area contributed by atoms with Crippen LogP contribution in [0, 0.1) is 6.92 Å². The number of hydrogen-bond donors (Lipinski definition) is 1. The summed E-state index contributed by atoms with van der Waals surface area (Å²) in [5, 5.41) is 4.79. The fourth-order valence-corrected chi connectivity index (χ4v) is 3.20. The molecule has 0 aromatic heterocycles. The summed E-state index contributed by atoms with van der Waals surface area (Å²) in [4.78, 5) is 24.4. The molecular formula is C24H20Cl2N2O5. The third kappa shape index (κ3) is 6.71. The van der Waals surface area contributed by atoms with E-state index in [-0.39, 0.29) is 22.9 Å². The third-order valence-corrected chi connectivity index (χ3v) is 4.95. The Labute approximate surface area is 200 Å². The number of hydrazone groups is 1.